The van der Waals surface area contributed by atoms with E-state index in [1.54, 1.807) is 0 Å². The molecule has 0 aromatic carbocycles. The minimum absolute atomic E-state index is 0.0959. The maximum atomic E-state index is 11.8. The molecule has 0 saturated carbocycles. The van der Waals surface area contributed by atoms with E-state index in [4.69, 9.17) is 0 Å². The molecule has 0 spiro atoms. The van der Waals surface area contributed by atoms with Gasteiger partial charge >= 0.3 is 6.18 Å². The van der Waals surface area contributed by atoms with Gasteiger partial charge in [0.2, 0.25) is 0 Å². The van der Waals surface area contributed by atoms with Gasteiger partial charge in [0.05, 0.1) is 0 Å². The summed E-state index contributed by atoms with van der Waals surface area (Å²) >= 11 is 0. The zero-order chi connectivity index (χ0) is 16.4. The highest BCUT2D eigenvalue weighted by Crippen LogP contribution is 2.16. The second kappa shape index (κ2) is 9.56. The molecule has 0 radical (unpaired) electrons. The number of hydrogen-bond acceptors (Lipinski definition) is 3. The van der Waals surface area contributed by atoms with Crippen molar-refractivity contribution in [2.45, 2.75) is 51.1 Å². The highest BCUT2D eigenvalue weighted by Gasteiger charge is 2.27. The predicted octanol–water partition coefficient (Wildman–Crippen LogP) is 3.93. The van der Waals surface area contributed by atoms with Crippen molar-refractivity contribution >= 4 is 11.6 Å². The molecule has 6 heteroatoms. The molecular weight excluding hydrogens is 297 g/mol. The van der Waals surface area contributed by atoms with Crippen molar-refractivity contribution in [1.82, 2.24) is 0 Å². The van der Waals surface area contributed by atoms with E-state index in [0.717, 1.165) is 32.1 Å². The number of halogens is 3. The normalized spacial score (nSPS) is 15.3. The van der Waals surface area contributed by atoms with E-state index >= 15 is 0 Å². The lowest BCUT2D eigenvalue weighted by Crippen LogP contribution is -2.17. The molecule has 1 rings (SSSR count). The van der Waals surface area contributed by atoms with Crippen LogP contribution in [0.15, 0.2) is 23.8 Å². The largest absolute Gasteiger partial charge is 0.411 e. The van der Waals surface area contributed by atoms with Gasteiger partial charge in [-0.05, 0) is 37.5 Å². The van der Waals surface area contributed by atoms with Crippen molar-refractivity contribution < 1.29 is 27.5 Å². The predicted molar refractivity (Wildman–Crippen MR) is 76.4 cm³/mol. The summed E-state index contributed by atoms with van der Waals surface area (Å²) in [6.07, 6.45) is 5.44. The minimum atomic E-state index is -4.25. The Morgan fingerprint density at radius 3 is 2.23 bits per heavy atom. The third-order valence-electron chi connectivity index (χ3n) is 3.28. The number of carbonyl (C=O) groups excluding carboxylic acids is 2. The van der Waals surface area contributed by atoms with Crippen molar-refractivity contribution in [3.05, 3.63) is 23.8 Å². The quantitative estimate of drug-likeness (QED) is 0.453. The van der Waals surface area contributed by atoms with E-state index in [1.807, 2.05) is 0 Å². The molecule has 0 saturated heterocycles. The van der Waals surface area contributed by atoms with E-state index in [9.17, 15) is 22.8 Å². The Balaban J connectivity index is 1.94. The number of alkyl halides is 3. The lowest BCUT2D eigenvalue weighted by Gasteiger charge is -2.08. The first-order chi connectivity index (χ1) is 10.4. The SMILES string of the molecule is O=C1C=CC(=O)C(CCCCCCCCOCC(F)(F)F)=C1. The monoisotopic (exact) mass is 318 g/mol. The molecule has 1 aliphatic carbocycles. The molecule has 0 aromatic rings. The number of unbranched alkanes of at least 4 members (excludes halogenated alkanes) is 5. The van der Waals surface area contributed by atoms with Gasteiger partial charge in [-0.2, -0.15) is 13.2 Å². The number of ketones is 2. The summed E-state index contributed by atoms with van der Waals surface area (Å²) in [5.74, 6) is -0.241. The third kappa shape index (κ3) is 8.77. The second-order valence-electron chi connectivity index (χ2n) is 5.31. The fraction of sp³-hybridized carbons (Fsp3) is 0.625. The maximum absolute atomic E-state index is 11.8. The van der Waals surface area contributed by atoms with Gasteiger partial charge in [-0.15, -0.1) is 0 Å². The van der Waals surface area contributed by atoms with Crippen LogP contribution in [0.1, 0.15) is 44.9 Å². The summed E-state index contributed by atoms with van der Waals surface area (Å²) in [7, 11) is 0. The molecule has 3 nitrogen and oxygen atoms in total. The molecule has 0 atom stereocenters. The fourth-order valence-corrected chi connectivity index (χ4v) is 2.17. The van der Waals surface area contributed by atoms with Crippen LogP contribution < -0.4 is 0 Å². The van der Waals surface area contributed by atoms with Crippen molar-refractivity contribution in [3.8, 4) is 0 Å². The van der Waals surface area contributed by atoms with E-state index in [2.05, 4.69) is 4.74 Å². The first-order valence-corrected chi connectivity index (χ1v) is 7.50. The van der Waals surface area contributed by atoms with Crippen molar-refractivity contribution in [2.75, 3.05) is 13.2 Å². The van der Waals surface area contributed by atoms with Gasteiger partial charge in [0.25, 0.3) is 0 Å². The summed E-state index contributed by atoms with van der Waals surface area (Å²) in [5.41, 5.74) is 0.563. The average molecular weight is 318 g/mol. The Morgan fingerprint density at radius 2 is 1.55 bits per heavy atom. The number of carbonyl (C=O) groups is 2. The van der Waals surface area contributed by atoms with Gasteiger partial charge < -0.3 is 4.74 Å². The van der Waals surface area contributed by atoms with E-state index < -0.39 is 12.8 Å². The standard InChI is InChI=1S/C16H21F3O3/c17-16(18,19)12-22-10-6-4-2-1-3-5-7-13-11-14(20)8-9-15(13)21/h8-9,11H,1-7,10,12H2. The molecule has 0 heterocycles. The van der Waals surface area contributed by atoms with Gasteiger partial charge in [0.15, 0.2) is 11.6 Å². The topological polar surface area (TPSA) is 43.4 Å². The van der Waals surface area contributed by atoms with Crippen LogP contribution in [0.3, 0.4) is 0 Å². The number of ether oxygens (including phenoxy) is 1. The number of hydrogen-bond donors (Lipinski definition) is 0. The molecular formula is C16H21F3O3. The summed E-state index contributed by atoms with van der Waals surface area (Å²) in [6.45, 7) is -1.04. The third-order valence-corrected chi connectivity index (χ3v) is 3.28. The lowest BCUT2D eigenvalue weighted by molar-refractivity contribution is -0.174. The first-order valence-electron chi connectivity index (χ1n) is 7.50. The van der Waals surface area contributed by atoms with Gasteiger partial charge in [-0.3, -0.25) is 9.59 Å². The van der Waals surface area contributed by atoms with Crippen LogP contribution in [-0.4, -0.2) is 31.0 Å². The summed E-state index contributed by atoms with van der Waals surface area (Å²) in [4.78, 5) is 22.6. The van der Waals surface area contributed by atoms with Crippen LogP contribution in [0.2, 0.25) is 0 Å². The van der Waals surface area contributed by atoms with Crippen molar-refractivity contribution in [1.29, 1.82) is 0 Å². The van der Waals surface area contributed by atoms with E-state index in [1.165, 1.54) is 18.2 Å². The molecule has 0 fully saturated rings. The minimum Gasteiger partial charge on any atom is -0.372 e. The van der Waals surface area contributed by atoms with Gasteiger partial charge in [0.1, 0.15) is 6.61 Å². The molecule has 124 valence electrons. The molecule has 0 N–H and O–H groups in total. The summed E-state index contributed by atoms with van der Waals surface area (Å²) in [5, 5.41) is 0. The van der Waals surface area contributed by atoms with Crippen LogP contribution in [0.5, 0.6) is 0 Å². The first kappa shape index (κ1) is 18.6. The van der Waals surface area contributed by atoms with Gasteiger partial charge in [-0.25, -0.2) is 0 Å². The van der Waals surface area contributed by atoms with Crippen LogP contribution >= 0.6 is 0 Å². The molecule has 0 unspecified atom stereocenters. The van der Waals surface area contributed by atoms with Gasteiger partial charge in [-0.1, -0.05) is 25.7 Å². The summed E-state index contributed by atoms with van der Waals surface area (Å²) in [6, 6.07) is 0. The summed E-state index contributed by atoms with van der Waals surface area (Å²) < 4.78 is 39.9. The molecule has 0 bridgehead atoms. The molecule has 0 aliphatic heterocycles. The van der Waals surface area contributed by atoms with E-state index in [0.29, 0.717) is 18.4 Å². The van der Waals surface area contributed by atoms with Crippen molar-refractivity contribution in [3.63, 3.8) is 0 Å². The van der Waals surface area contributed by atoms with Crippen LogP contribution in [0.25, 0.3) is 0 Å². The van der Waals surface area contributed by atoms with Gasteiger partial charge in [0, 0.05) is 12.2 Å². The Kier molecular flexibility index (Phi) is 8.09. The van der Waals surface area contributed by atoms with Crippen LogP contribution in [0.4, 0.5) is 13.2 Å². The molecule has 22 heavy (non-hydrogen) atoms. The Hall–Kier alpha value is -1.43. The smallest absolute Gasteiger partial charge is 0.372 e. The molecule has 0 amide bonds. The zero-order valence-electron chi connectivity index (χ0n) is 12.5. The Bertz CT molecular complexity index is 436. The number of allylic oxidation sites excluding steroid dienone is 4. The Labute approximate surface area is 128 Å². The maximum Gasteiger partial charge on any atom is 0.411 e. The lowest BCUT2D eigenvalue weighted by atomic mass is 9.97. The second-order valence-corrected chi connectivity index (χ2v) is 5.31. The highest BCUT2D eigenvalue weighted by molar-refractivity contribution is 6.17. The molecule has 1 aliphatic rings. The van der Waals surface area contributed by atoms with Crippen LogP contribution in [0, 0.1) is 0 Å². The zero-order valence-corrected chi connectivity index (χ0v) is 12.5. The van der Waals surface area contributed by atoms with Crippen LogP contribution in [-0.2, 0) is 14.3 Å². The van der Waals surface area contributed by atoms with E-state index in [-0.39, 0.29) is 18.2 Å². The molecule has 0 aromatic heterocycles. The fourth-order valence-electron chi connectivity index (χ4n) is 2.17. The number of rotatable bonds is 10. The Morgan fingerprint density at radius 1 is 0.909 bits per heavy atom. The highest BCUT2D eigenvalue weighted by atomic mass is 19.4. The average Bonchev–Trinajstić information content (AvgIpc) is 2.43. The van der Waals surface area contributed by atoms with Crippen molar-refractivity contribution in [2.24, 2.45) is 0 Å².